The van der Waals surface area contributed by atoms with Crippen LogP contribution < -0.4 is 5.76 Å². The Kier molecular flexibility index (Phi) is 4.94. The maximum atomic E-state index is 13.1. The van der Waals surface area contributed by atoms with Crippen LogP contribution in [0.3, 0.4) is 0 Å². The second-order valence-corrected chi connectivity index (χ2v) is 9.64. The molecule has 0 aliphatic carbocycles. The highest BCUT2D eigenvalue weighted by atomic mass is 32.2. The van der Waals surface area contributed by atoms with Gasteiger partial charge in [0.05, 0.1) is 10.4 Å². The van der Waals surface area contributed by atoms with Gasteiger partial charge in [0.25, 0.3) is 0 Å². The van der Waals surface area contributed by atoms with Crippen molar-refractivity contribution in [2.75, 3.05) is 26.2 Å². The number of hydrogen-bond donors (Lipinski definition) is 0. The second-order valence-electron chi connectivity index (χ2n) is 6.67. The molecule has 1 aromatic carbocycles. The van der Waals surface area contributed by atoms with Gasteiger partial charge in [-0.2, -0.15) is 4.31 Å². The summed E-state index contributed by atoms with van der Waals surface area (Å²) < 4.78 is 34.2. The Labute approximate surface area is 161 Å². The zero-order chi connectivity index (χ0) is 19.0. The molecule has 4 rings (SSSR count). The van der Waals surface area contributed by atoms with Crippen molar-refractivity contribution in [1.29, 1.82) is 0 Å². The van der Waals surface area contributed by atoms with Crippen LogP contribution in [-0.2, 0) is 23.6 Å². The van der Waals surface area contributed by atoms with Gasteiger partial charge in [0.1, 0.15) is 0 Å². The Bertz CT molecular complexity index is 1100. The number of aryl methyl sites for hydroxylation is 1. The lowest BCUT2D eigenvalue weighted by Gasteiger charge is -2.21. The molecule has 0 unspecified atom stereocenters. The zero-order valence-corrected chi connectivity index (χ0v) is 16.6. The number of aromatic nitrogens is 1. The van der Waals surface area contributed by atoms with Crippen molar-refractivity contribution in [2.24, 2.45) is 7.05 Å². The van der Waals surface area contributed by atoms with Crippen LogP contribution in [0.25, 0.3) is 11.1 Å². The number of nitrogens with zero attached hydrogens (tertiary/aromatic N) is 3. The molecule has 2 aromatic heterocycles. The molecule has 0 saturated carbocycles. The number of thiophene rings is 1. The molecule has 1 aliphatic rings. The minimum atomic E-state index is -3.62. The van der Waals surface area contributed by atoms with Gasteiger partial charge >= 0.3 is 5.76 Å². The lowest BCUT2D eigenvalue weighted by Crippen LogP contribution is -2.35. The average Bonchev–Trinajstić information content (AvgIpc) is 3.17. The van der Waals surface area contributed by atoms with E-state index in [-0.39, 0.29) is 4.90 Å². The maximum Gasteiger partial charge on any atom is 0.419 e. The first-order valence-corrected chi connectivity index (χ1v) is 11.1. The molecule has 0 spiro atoms. The summed E-state index contributed by atoms with van der Waals surface area (Å²) in [6.45, 7) is 3.37. The third kappa shape index (κ3) is 3.60. The summed E-state index contributed by atoms with van der Waals surface area (Å²) in [7, 11) is -2.05. The molecular weight excluding hydrogens is 386 g/mol. The highest BCUT2D eigenvalue weighted by molar-refractivity contribution is 7.89. The summed E-state index contributed by atoms with van der Waals surface area (Å²) in [6.07, 6.45) is 0.789. The zero-order valence-electron chi connectivity index (χ0n) is 15.0. The normalized spacial score (nSPS) is 17.4. The predicted molar refractivity (Wildman–Crippen MR) is 104 cm³/mol. The fourth-order valence-corrected chi connectivity index (χ4v) is 5.62. The van der Waals surface area contributed by atoms with E-state index in [9.17, 15) is 13.2 Å². The van der Waals surface area contributed by atoms with E-state index in [0.717, 1.165) is 19.5 Å². The summed E-state index contributed by atoms with van der Waals surface area (Å²) in [6, 6.07) is 8.71. The van der Waals surface area contributed by atoms with Gasteiger partial charge in [-0.3, -0.25) is 9.47 Å². The van der Waals surface area contributed by atoms with E-state index in [4.69, 9.17) is 4.42 Å². The van der Waals surface area contributed by atoms with Crippen molar-refractivity contribution in [1.82, 2.24) is 13.8 Å². The van der Waals surface area contributed by atoms with E-state index in [1.54, 1.807) is 28.8 Å². The Morgan fingerprint density at radius 3 is 2.78 bits per heavy atom. The molecule has 1 fully saturated rings. The van der Waals surface area contributed by atoms with Gasteiger partial charge in [0, 0.05) is 38.1 Å². The molecule has 7 nitrogen and oxygen atoms in total. The van der Waals surface area contributed by atoms with Gasteiger partial charge in [-0.1, -0.05) is 6.07 Å². The van der Waals surface area contributed by atoms with Gasteiger partial charge in [-0.25, -0.2) is 13.2 Å². The van der Waals surface area contributed by atoms with Crippen LogP contribution in [0.5, 0.6) is 0 Å². The fourth-order valence-electron chi connectivity index (χ4n) is 3.38. The Hall–Kier alpha value is -1.94. The van der Waals surface area contributed by atoms with Crippen LogP contribution in [-0.4, -0.2) is 48.4 Å². The largest absolute Gasteiger partial charge is 0.419 e. The SMILES string of the molecule is Cn1c(=O)oc2ccc(S(=O)(=O)N3CCCN(Cc4cccs4)CC3)cc21. The number of rotatable bonds is 4. The summed E-state index contributed by atoms with van der Waals surface area (Å²) >= 11 is 1.72. The quantitative estimate of drug-likeness (QED) is 0.662. The van der Waals surface area contributed by atoms with Crippen molar-refractivity contribution in [2.45, 2.75) is 17.9 Å². The van der Waals surface area contributed by atoms with Crippen molar-refractivity contribution in [3.8, 4) is 0 Å². The summed E-state index contributed by atoms with van der Waals surface area (Å²) in [5, 5.41) is 2.06. The monoisotopic (exact) mass is 407 g/mol. The molecule has 0 bridgehead atoms. The van der Waals surface area contributed by atoms with Crippen LogP contribution in [0.15, 0.2) is 49.8 Å². The molecule has 0 N–H and O–H groups in total. The summed E-state index contributed by atoms with van der Waals surface area (Å²) in [5.41, 5.74) is 0.870. The van der Waals surface area contributed by atoms with E-state index in [1.165, 1.54) is 21.6 Å². The van der Waals surface area contributed by atoms with E-state index in [0.29, 0.717) is 30.7 Å². The summed E-state index contributed by atoms with van der Waals surface area (Å²) in [5.74, 6) is -0.501. The molecule has 27 heavy (non-hydrogen) atoms. The van der Waals surface area contributed by atoms with Crippen molar-refractivity contribution < 1.29 is 12.8 Å². The number of oxazole rings is 1. The molecule has 0 atom stereocenters. The molecular formula is C18H21N3O4S2. The Morgan fingerprint density at radius 1 is 1.15 bits per heavy atom. The average molecular weight is 408 g/mol. The van der Waals surface area contributed by atoms with Crippen LogP contribution in [0.4, 0.5) is 0 Å². The van der Waals surface area contributed by atoms with Crippen molar-refractivity contribution in [3.05, 3.63) is 51.1 Å². The maximum absolute atomic E-state index is 13.1. The molecule has 144 valence electrons. The first-order chi connectivity index (χ1) is 12.9. The minimum absolute atomic E-state index is 0.193. The Morgan fingerprint density at radius 2 is 2.00 bits per heavy atom. The minimum Gasteiger partial charge on any atom is -0.408 e. The first-order valence-electron chi connectivity index (χ1n) is 8.79. The molecule has 3 aromatic rings. The van der Waals surface area contributed by atoms with Crippen LogP contribution in [0, 0.1) is 0 Å². The van der Waals surface area contributed by atoms with Crippen molar-refractivity contribution >= 4 is 32.5 Å². The summed E-state index contributed by atoms with van der Waals surface area (Å²) in [4.78, 5) is 15.4. The van der Waals surface area contributed by atoms with Crippen LogP contribution >= 0.6 is 11.3 Å². The first kappa shape index (κ1) is 18.4. The molecule has 0 radical (unpaired) electrons. The fraction of sp³-hybridized carbons (Fsp3) is 0.389. The number of fused-ring (bicyclic) bond motifs is 1. The van der Waals surface area contributed by atoms with E-state index in [1.807, 2.05) is 6.07 Å². The highest BCUT2D eigenvalue weighted by Crippen LogP contribution is 2.23. The van der Waals surface area contributed by atoms with E-state index >= 15 is 0 Å². The van der Waals surface area contributed by atoms with Crippen LogP contribution in [0.1, 0.15) is 11.3 Å². The highest BCUT2D eigenvalue weighted by Gasteiger charge is 2.27. The third-order valence-electron chi connectivity index (χ3n) is 4.91. The topological polar surface area (TPSA) is 75.8 Å². The van der Waals surface area contributed by atoms with Crippen molar-refractivity contribution in [3.63, 3.8) is 0 Å². The van der Waals surface area contributed by atoms with Gasteiger partial charge in [-0.15, -0.1) is 11.3 Å². The van der Waals surface area contributed by atoms with Crippen LogP contribution in [0.2, 0.25) is 0 Å². The van der Waals surface area contributed by atoms with Gasteiger partial charge in [0.2, 0.25) is 10.0 Å². The standard InChI is InChI=1S/C18H21N3O4S2/c1-19-16-12-15(5-6-17(16)25-18(19)22)27(23,24)21-8-3-7-20(9-10-21)13-14-4-2-11-26-14/h2,4-6,11-12H,3,7-10,13H2,1H3. The van der Waals surface area contributed by atoms with E-state index in [2.05, 4.69) is 16.3 Å². The molecule has 9 heteroatoms. The lowest BCUT2D eigenvalue weighted by atomic mass is 10.3. The predicted octanol–water partition coefficient (Wildman–Crippen LogP) is 2.09. The molecule has 3 heterocycles. The second kappa shape index (κ2) is 7.23. The smallest absolute Gasteiger partial charge is 0.408 e. The molecule has 0 amide bonds. The molecule has 1 saturated heterocycles. The Balaban J connectivity index is 1.55. The number of sulfonamides is 1. The van der Waals surface area contributed by atoms with Gasteiger partial charge in [0.15, 0.2) is 5.58 Å². The van der Waals surface area contributed by atoms with Gasteiger partial charge in [-0.05, 0) is 42.6 Å². The number of hydrogen-bond acceptors (Lipinski definition) is 6. The van der Waals surface area contributed by atoms with Gasteiger partial charge < -0.3 is 4.42 Å². The third-order valence-corrected chi connectivity index (χ3v) is 7.66. The molecule has 1 aliphatic heterocycles. The lowest BCUT2D eigenvalue weighted by molar-refractivity contribution is 0.281. The number of benzene rings is 1. The van der Waals surface area contributed by atoms with E-state index < -0.39 is 15.8 Å².